The first-order chi connectivity index (χ1) is 11.6. The Balaban J connectivity index is 2.06. The number of unbranched alkanes of at least 4 members (excludes halogenated alkanes) is 1. The molecule has 0 spiro atoms. The van der Waals surface area contributed by atoms with Crippen LogP contribution in [0.2, 0.25) is 0 Å². The Hall–Kier alpha value is -2.43. The Bertz CT molecular complexity index is 626. The topological polar surface area (TPSA) is 58.1 Å². The zero-order chi connectivity index (χ0) is 17.4. The molecular formula is C19H26N4O. The van der Waals surface area contributed by atoms with Gasteiger partial charge in [-0.2, -0.15) is 0 Å². The lowest BCUT2D eigenvalue weighted by molar-refractivity contribution is 0.0689. The number of hydrogen-bond donors (Lipinski definition) is 1. The zero-order valence-electron chi connectivity index (χ0n) is 14.7. The van der Waals surface area contributed by atoms with Crippen LogP contribution in [0.4, 0.5) is 5.95 Å². The minimum atomic E-state index is -0.0473. The maximum absolute atomic E-state index is 12.8. The predicted octanol–water partition coefficient (Wildman–Crippen LogP) is 3.74. The third kappa shape index (κ3) is 5.05. The van der Waals surface area contributed by atoms with Crippen molar-refractivity contribution in [2.45, 2.75) is 46.2 Å². The first kappa shape index (κ1) is 17.9. The number of hydrogen-bond acceptors (Lipinski definition) is 4. The molecule has 24 heavy (non-hydrogen) atoms. The van der Waals surface area contributed by atoms with Crippen LogP contribution >= 0.6 is 0 Å². The van der Waals surface area contributed by atoms with Gasteiger partial charge < -0.3 is 10.2 Å². The van der Waals surface area contributed by atoms with Crippen LogP contribution in [0.15, 0.2) is 42.7 Å². The van der Waals surface area contributed by atoms with Crippen LogP contribution in [0.3, 0.4) is 0 Å². The van der Waals surface area contributed by atoms with Crippen molar-refractivity contribution in [3.05, 3.63) is 53.9 Å². The highest BCUT2D eigenvalue weighted by molar-refractivity contribution is 5.93. The van der Waals surface area contributed by atoms with E-state index in [9.17, 15) is 4.79 Å². The lowest BCUT2D eigenvalue weighted by Gasteiger charge is -2.26. The van der Waals surface area contributed by atoms with E-state index in [0.29, 0.717) is 18.1 Å². The first-order valence-electron chi connectivity index (χ1n) is 8.52. The van der Waals surface area contributed by atoms with Crippen molar-refractivity contribution in [2.24, 2.45) is 0 Å². The van der Waals surface area contributed by atoms with Crippen LogP contribution in [0.25, 0.3) is 0 Å². The number of anilines is 1. The Morgan fingerprint density at radius 3 is 2.42 bits per heavy atom. The van der Waals surface area contributed by atoms with E-state index in [-0.39, 0.29) is 11.9 Å². The van der Waals surface area contributed by atoms with Gasteiger partial charge in [-0.3, -0.25) is 4.79 Å². The highest BCUT2D eigenvalue weighted by Crippen LogP contribution is 2.13. The van der Waals surface area contributed by atoms with Gasteiger partial charge in [-0.05, 0) is 25.8 Å². The van der Waals surface area contributed by atoms with Crippen molar-refractivity contribution >= 4 is 11.9 Å². The monoisotopic (exact) mass is 326 g/mol. The Morgan fingerprint density at radius 2 is 1.83 bits per heavy atom. The van der Waals surface area contributed by atoms with Gasteiger partial charge >= 0.3 is 0 Å². The number of benzene rings is 1. The van der Waals surface area contributed by atoms with E-state index in [0.717, 1.165) is 24.9 Å². The molecule has 1 aromatic heterocycles. The van der Waals surface area contributed by atoms with Gasteiger partial charge in [-0.15, -0.1) is 0 Å². The number of rotatable bonds is 8. The molecule has 128 valence electrons. The minimum absolute atomic E-state index is 0.0473. The van der Waals surface area contributed by atoms with Crippen LogP contribution in [0.5, 0.6) is 0 Å². The average molecular weight is 326 g/mol. The Morgan fingerprint density at radius 1 is 1.17 bits per heavy atom. The molecule has 1 N–H and O–H groups in total. The minimum Gasteiger partial charge on any atom is -0.354 e. The summed E-state index contributed by atoms with van der Waals surface area (Å²) in [6.45, 7) is 7.59. The molecule has 0 saturated carbocycles. The molecule has 5 heteroatoms. The van der Waals surface area contributed by atoms with Crippen molar-refractivity contribution in [2.75, 3.05) is 11.9 Å². The molecule has 0 saturated heterocycles. The van der Waals surface area contributed by atoms with E-state index in [1.165, 1.54) is 0 Å². The molecule has 2 rings (SSSR count). The van der Waals surface area contributed by atoms with Gasteiger partial charge in [-0.1, -0.05) is 43.7 Å². The highest BCUT2D eigenvalue weighted by atomic mass is 16.2. The van der Waals surface area contributed by atoms with Gasteiger partial charge in [0, 0.05) is 31.5 Å². The predicted molar refractivity (Wildman–Crippen MR) is 96.9 cm³/mol. The van der Waals surface area contributed by atoms with Crippen LogP contribution in [-0.2, 0) is 6.54 Å². The second-order valence-electron chi connectivity index (χ2n) is 6.09. The molecule has 2 aromatic rings. The maximum Gasteiger partial charge on any atom is 0.257 e. The molecule has 0 aliphatic carbocycles. The summed E-state index contributed by atoms with van der Waals surface area (Å²) in [6.07, 6.45) is 5.39. The molecule has 0 unspecified atom stereocenters. The summed E-state index contributed by atoms with van der Waals surface area (Å²) in [5.41, 5.74) is 1.62. The third-order valence-corrected chi connectivity index (χ3v) is 3.79. The van der Waals surface area contributed by atoms with Gasteiger partial charge in [0.25, 0.3) is 5.91 Å². The van der Waals surface area contributed by atoms with Crippen LogP contribution in [-0.4, -0.2) is 33.4 Å². The molecule has 0 bridgehead atoms. The maximum atomic E-state index is 12.8. The summed E-state index contributed by atoms with van der Waals surface area (Å²) in [6, 6.07) is 10.1. The van der Waals surface area contributed by atoms with Gasteiger partial charge in [0.2, 0.25) is 5.95 Å². The lowest BCUT2D eigenvalue weighted by Crippen LogP contribution is -2.36. The lowest BCUT2D eigenvalue weighted by atomic mass is 10.1. The standard InChI is InChI=1S/C19H26N4O/c1-4-5-11-20-19-21-12-17(13-22-19)18(24)23(15(2)3)14-16-9-7-6-8-10-16/h6-10,12-13,15H,4-5,11,14H2,1-3H3,(H,20,21,22). The van der Waals surface area contributed by atoms with Crippen molar-refractivity contribution in [3.8, 4) is 0 Å². The molecule has 1 aromatic carbocycles. The van der Waals surface area contributed by atoms with Gasteiger partial charge in [0.1, 0.15) is 0 Å². The fourth-order valence-corrected chi connectivity index (χ4v) is 2.34. The number of carbonyl (C=O) groups is 1. The van der Waals surface area contributed by atoms with E-state index in [2.05, 4.69) is 22.2 Å². The van der Waals surface area contributed by atoms with Gasteiger partial charge in [-0.25, -0.2) is 9.97 Å². The van der Waals surface area contributed by atoms with E-state index in [1.54, 1.807) is 12.4 Å². The van der Waals surface area contributed by atoms with Crippen molar-refractivity contribution in [1.82, 2.24) is 14.9 Å². The van der Waals surface area contributed by atoms with Gasteiger partial charge in [0.05, 0.1) is 5.56 Å². The van der Waals surface area contributed by atoms with E-state index >= 15 is 0 Å². The molecule has 0 atom stereocenters. The number of carbonyl (C=O) groups excluding carboxylic acids is 1. The van der Waals surface area contributed by atoms with E-state index in [1.807, 2.05) is 49.1 Å². The summed E-state index contributed by atoms with van der Waals surface area (Å²) in [7, 11) is 0. The highest BCUT2D eigenvalue weighted by Gasteiger charge is 2.19. The average Bonchev–Trinajstić information content (AvgIpc) is 2.60. The van der Waals surface area contributed by atoms with E-state index < -0.39 is 0 Å². The SMILES string of the molecule is CCCCNc1ncc(C(=O)N(Cc2ccccc2)C(C)C)cn1. The second kappa shape index (κ2) is 9.01. The molecule has 0 aliphatic heterocycles. The smallest absolute Gasteiger partial charge is 0.257 e. The second-order valence-corrected chi connectivity index (χ2v) is 6.09. The zero-order valence-corrected chi connectivity index (χ0v) is 14.7. The number of amides is 1. The summed E-state index contributed by atoms with van der Waals surface area (Å²) >= 11 is 0. The molecule has 1 amide bonds. The number of nitrogens with zero attached hydrogens (tertiary/aromatic N) is 3. The molecule has 0 aliphatic rings. The van der Waals surface area contributed by atoms with Crippen LogP contribution in [0.1, 0.15) is 49.5 Å². The molecule has 1 heterocycles. The normalized spacial score (nSPS) is 10.7. The molecule has 0 fully saturated rings. The van der Waals surface area contributed by atoms with Crippen molar-refractivity contribution in [1.29, 1.82) is 0 Å². The first-order valence-corrected chi connectivity index (χ1v) is 8.52. The summed E-state index contributed by atoms with van der Waals surface area (Å²) in [5, 5.41) is 3.16. The summed E-state index contributed by atoms with van der Waals surface area (Å²) < 4.78 is 0. The molecular weight excluding hydrogens is 300 g/mol. The van der Waals surface area contributed by atoms with E-state index in [4.69, 9.17) is 0 Å². The number of nitrogens with one attached hydrogen (secondary N) is 1. The largest absolute Gasteiger partial charge is 0.354 e. The number of aromatic nitrogens is 2. The van der Waals surface area contributed by atoms with Crippen LogP contribution < -0.4 is 5.32 Å². The summed E-state index contributed by atoms with van der Waals surface area (Å²) in [5.74, 6) is 0.521. The third-order valence-electron chi connectivity index (χ3n) is 3.79. The molecule has 5 nitrogen and oxygen atoms in total. The Labute approximate surface area is 144 Å². The fraction of sp³-hybridized carbons (Fsp3) is 0.421. The quantitative estimate of drug-likeness (QED) is 0.751. The fourth-order valence-electron chi connectivity index (χ4n) is 2.34. The van der Waals surface area contributed by atoms with Crippen molar-refractivity contribution in [3.63, 3.8) is 0 Å². The van der Waals surface area contributed by atoms with Crippen molar-refractivity contribution < 1.29 is 4.79 Å². The Kier molecular flexibility index (Phi) is 6.73. The summed E-state index contributed by atoms with van der Waals surface area (Å²) in [4.78, 5) is 23.1. The molecule has 0 radical (unpaired) electrons. The van der Waals surface area contributed by atoms with Gasteiger partial charge in [0.15, 0.2) is 0 Å². The van der Waals surface area contributed by atoms with Crippen LogP contribution in [0, 0.1) is 0 Å².